The highest BCUT2D eigenvalue weighted by atomic mass is 16.5. The number of hydrogen-bond donors (Lipinski definition) is 2. The number of aliphatic hydroxyl groups excluding tert-OH is 1. The van der Waals surface area contributed by atoms with Gasteiger partial charge in [-0.05, 0) is 32.1 Å². The van der Waals surface area contributed by atoms with Crippen LogP contribution in [0.4, 0.5) is 0 Å². The molecule has 0 aromatic heterocycles. The normalized spacial score (nSPS) is 21.3. The van der Waals surface area contributed by atoms with Gasteiger partial charge in [-0.2, -0.15) is 0 Å². The van der Waals surface area contributed by atoms with Gasteiger partial charge >= 0.3 is 0 Å². The lowest BCUT2D eigenvalue weighted by atomic mass is 10.1. The van der Waals surface area contributed by atoms with Crippen molar-refractivity contribution in [3.05, 3.63) is 0 Å². The highest BCUT2D eigenvalue weighted by Crippen LogP contribution is 2.11. The second-order valence-corrected chi connectivity index (χ2v) is 3.97. The zero-order valence-corrected chi connectivity index (χ0v) is 9.21. The molecule has 1 aliphatic rings. The van der Waals surface area contributed by atoms with Gasteiger partial charge in [0.2, 0.25) is 5.91 Å². The van der Waals surface area contributed by atoms with Crippen LogP contribution in [0, 0.1) is 0 Å². The lowest BCUT2D eigenvalue weighted by Gasteiger charge is -2.22. The van der Waals surface area contributed by atoms with Crippen molar-refractivity contribution in [2.75, 3.05) is 19.8 Å². The Hall–Kier alpha value is -0.610. The molecule has 1 atom stereocenters. The first-order valence-corrected chi connectivity index (χ1v) is 5.82. The number of ether oxygens (including phenoxy) is 1. The third-order valence-corrected chi connectivity index (χ3v) is 2.61. The average molecular weight is 215 g/mol. The summed E-state index contributed by atoms with van der Waals surface area (Å²) >= 11 is 0. The van der Waals surface area contributed by atoms with E-state index in [0.717, 1.165) is 25.9 Å². The van der Waals surface area contributed by atoms with Crippen LogP contribution in [0.5, 0.6) is 0 Å². The summed E-state index contributed by atoms with van der Waals surface area (Å²) in [6.45, 7) is 1.63. The Morgan fingerprint density at radius 3 is 2.93 bits per heavy atom. The molecule has 1 fully saturated rings. The fraction of sp³-hybridized carbons (Fsp3) is 0.909. The van der Waals surface area contributed by atoms with Crippen LogP contribution >= 0.6 is 0 Å². The fourth-order valence-electron chi connectivity index (χ4n) is 1.68. The van der Waals surface area contributed by atoms with Gasteiger partial charge in [0.25, 0.3) is 0 Å². The molecule has 15 heavy (non-hydrogen) atoms. The molecule has 0 spiro atoms. The van der Waals surface area contributed by atoms with Crippen LogP contribution < -0.4 is 5.32 Å². The van der Waals surface area contributed by atoms with Gasteiger partial charge < -0.3 is 15.2 Å². The topological polar surface area (TPSA) is 58.6 Å². The maximum atomic E-state index is 11.3. The minimum absolute atomic E-state index is 0.0672. The van der Waals surface area contributed by atoms with Crippen molar-refractivity contribution in [2.24, 2.45) is 0 Å². The molecule has 88 valence electrons. The molecule has 0 saturated carbocycles. The van der Waals surface area contributed by atoms with Gasteiger partial charge in [-0.1, -0.05) is 0 Å². The van der Waals surface area contributed by atoms with E-state index in [1.165, 1.54) is 6.42 Å². The molecule has 1 unspecified atom stereocenters. The third kappa shape index (κ3) is 5.74. The summed E-state index contributed by atoms with van der Waals surface area (Å²) in [5.41, 5.74) is 0. The molecule has 0 aromatic rings. The van der Waals surface area contributed by atoms with Gasteiger partial charge in [0.15, 0.2) is 0 Å². The molecule has 0 aromatic carbocycles. The van der Waals surface area contributed by atoms with Crippen LogP contribution in [-0.4, -0.2) is 36.9 Å². The number of nitrogens with one attached hydrogen (secondary N) is 1. The highest BCUT2D eigenvalue weighted by molar-refractivity contribution is 5.75. The summed E-state index contributed by atoms with van der Waals surface area (Å²) in [5, 5.41) is 11.4. The van der Waals surface area contributed by atoms with Crippen LogP contribution in [0.15, 0.2) is 0 Å². The molecular formula is C11H21NO3. The number of hydrogen-bond acceptors (Lipinski definition) is 3. The monoisotopic (exact) mass is 215 g/mol. The Labute approximate surface area is 91.0 Å². The van der Waals surface area contributed by atoms with Crippen molar-refractivity contribution in [1.29, 1.82) is 0 Å². The number of carbonyl (C=O) groups excluding carboxylic acids is 1. The fourth-order valence-corrected chi connectivity index (χ4v) is 1.68. The highest BCUT2D eigenvalue weighted by Gasteiger charge is 2.14. The Kier molecular flexibility index (Phi) is 6.36. The Bertz CT molecular complexity index is 179. The molecule has 4 nitrogen and oxygen atoms in total. The van der Waals surface area contributed by atoms with E-state index in [1.54, 1.807) is 0 Å². The van der Waals surface area contributed by atoms with E-state index < -0.39 is 0 Å². The number of unbranched alkanes of at least 4 members (excludes halogenated alkanes) is 1. The van der Waals surface area contributed by atoms with Crippen LogP contribution in [-0.2, 0) is 9.53 Å². The molecule has 1 rings (SSSR count). The number of rotatable bonds is 6. The first kappa shape index (κ1) is 12.5. The SMILES string of the molecule is O=C(CCCCO)NCC1CCCCO1. The molecule has 1 aliphatic heterocycles. The van der Waals surface area contributed by atoms with E-state index in [4.69, 9.17) is 9.84 Å². The predicted molar refractivity (Wildman–Crippen MR) is 57.5 cm³/mol. The van der Waals surface area contributed by atoms with Crippen molar-refractivity contribution < 1.29 is 14.6 Å². The van der Waals surface area contributed by atoms with Crippen LogP contribution in [0.1, 0.15) is 38.5 Å². The van der Waals surface area contributed by atoms with Gasteiger partial charge in [0, 0.05) is 26.2 Å². The summed E-state index contributed by atoms with van der Waals surface area (Å²) < 4.78 is 5.50. The molecule has 1 amide bonds. The van der Waals surface area contributed by atoms with Crippen LogP contribution in [0.2, 0.25) is 0 Å². The summed E-state index contributed by atoms with van der Waals surface area (Å²) in [7, 11) is 0. The van der Waals surface area contributed by atoms with Gasteiger partial charge in [0.05, 0.1) is 6.10 Å². The Morgan fingerprint density at radius 1 is 1.40 bits per heavy atom. The first-order chi connectivity index (χ1) is 7.33. The molecule has 4 heteroatoms. The second-order valence-electron chi connectivity index (χ2n) is 3.97. The summed E-state index contributed by atoms with van der Waals surface area (Å²) in [4.78, 5) is 11.3. The molecule has 1 heterocycles. The molecule has 0 radical (unpaired) electrons. The number of carbonyl (C=O) groups is 1. The van der Waals surface area contributed by atoms with Gasteiger partial charge in [0.1, 0.15) is 0 Å². The second kappa shape index (κ2) is 7.65. The van der Waals surface area contributed by atoms with Crippen LogP contribution in [0.25, 0.3) is 0 Å². The zero-order valence-electron chi connectivity index (χ0n) is 9.21. The molecule has 0 aliphatic carbocycles. The first-order valence-electron chi connectivity index (χ1n) is 5.82. The lowest BCUT2D eigenvalue weighted by molar-refractivity contribution is -0.122. The molecular weight excluding hydrogens is 194 g/mol. The number of aliphatic hydroxyl groups is 1. The maximum absolute atomic E-state index is 11.3. The van der Waals surface area contributed by atoms with Gasteiger partial charge in [-0.25, -0.2) is 0 Å². The van der Waals surface area contributed by atoms with E-state index in [2.05, 4.69) is 5.32 Å². The van der Waals surface area contributed by atoms with E-state index in [1.807, 2.05) is 0 Å². The van der Waals surface area contributed by atoms with Crippen molar-refractivity contribution in [2.45, 2.75) is 44.6 Å². The van der Waals surface area contributed by atoms with Crippen molar-refractivity contribution >= 4 is 5.91 Å². The minimum atomic E-state index is 0.0672. The quantitative estimate of drug-likeness (QED) is 0.645. The standard InChI is InChI=1S/C11H21NO3/c13-7-3-1-6-11(14)12-9-10-5-2-4-8-15-10/h10,13H,1-9H2,(H,12,14). The predicted octanol–water partition coefficient (Wildman–Crippen LogP) is 0.834. The van der Waals surface area contributed by atoms with E-state index in [9.17, 15) is 4.79 Å². The van der Waals surface area contributed by atoms with Gasteiger partial charge in [-0.3, -0.25) is 4.79 Å². The van der Waals surface area contributed by atoms with Crippen LogP contribution in [0.3, 0.4) is 0 Å². The molecule has 2 N–H and O–H groups in total. The van der Waals surface area contributed by atoms with Crippen molar-refractivity contribution in [3.63, 3.8) is 0 Å². The largest absolute Gasteiger partial charge is 0.396 e. The number of amides is 1. The van der Waals surface area contributed by atoms with Gasteiger partial charge in [-0.15, -0.1) is 0 Å². The minimum Gasteiger partial charge on any atom is -0.396 e. The Morgan fingerprint density at radius 2 is 2.27 bits per heavy atom. The zero-order chi connectivity index (χ0) is 10.9. The summed E-state index contributed by atoms with van der Waals surface area (Å²) in [6, 6.07) is 0. The summed E-state index contributed by atoms with van der Waals surface area (Å²) in [5.74, 6) is 0.0672. The maximum Gasteiger partial charge on any atom is 0.220 e. The van der Waals surface area contributed by atoms with E-state index in [0.29, 0.717) is 19.4 Å². The smallest absolute Gasteiger partial charge is 0.220 e. The van der Waals surface area contributed by atoms with Crippen molar-refractivity contribution in [3.8, 4) is 0 Å². The van der Waals surface area contributed by atoms with Crippen molar-refractivity contribution in [1.82, 2.24) is 5.32 Å². The lowest BCUT2D eigenvalue weighted by Crippen LogP contribution is -2.35. The Balaban J connectivity index is 2.00. The average Bonchev–Trinajstić information content (AvgIpc) is 2.28. The van der Waals surface area contributed by atoms with E-state index in [-0.39, 0.29) is 18.6 Å². The summed E-state index contributed by atoms with van der Waals surface area (Å²) in [6.07, 6.45) is 5.57. The van der Waals surface area contributed by atoms with E-state index >= 15 is 0 Å². The molecule has 0 bridgehead atoms. The molecule has 1 saturated heterocycles. The third-order valence-electron chi connectivity index (χ3n) is 2.61.